The van der Waals surface area contributed by atoms with Crippen LogP contribution in [0.5, 0.6) is 0 Å². The molecule has 17 heavy (non-hydrogen) atoms. The van der Waals surface area contributed by atoms with Crippen molar-refractivity contribution in [2.45, 2.75) is 32.4 Å². The summed E-state index contributed by atoms with van der Waals surface area (Å²) < 4.78 is 23.3. The van der Waals surface area contributed by atoms with Gasteiger partial charge in [0.2, 0.25) is 10.0 Å². The monoisotopic (exact) mass is 259 g/mol. The molecule has 1 aromatic heterocycles. The van der Waals surface area contributed by atoms with Crippen molar-refractivity contribution in [1.29, 1.82) is 0 Å². The van der Waals surface area contributed by atoms with E-state index in [1.165, 1.54) is 0 Å². The van der Waals surface area contributed by atoms with Gasteiger partial charge in [-0.25, -0.2) is 18.4 Å². The van der Waals surface area contributed by atoms with E-state index in [9.17, 15) is 8.42 Å². The van der Waals surface area contributed by atoms with Gasteiger partial charge in [-0.05, 0) is 26.3 Å². The second kappa shape index (κ2) is 6.04. The number of hydrogen-bond acceptors (Lipinski definition) is 5. The van der Waals surface area contributed by atoms with Crippen LogP contribution in [-0.4, -0.2) is 30.2 Å². The Morgan fingerprint density at radius 2 is 2.00 bits per heavy atom. The van der Waals surface area contributed by atoms with E-state index in [0.29, 0.717) is 5.82 Å². The Hall–Kier alpha value is -1.05. The second-order valence-electron chi connectivity index (χ2n) is 3.75. The molecule has 7 heteroatoms. The quantitative estimate of drug-likeness (QED) is 0.756. The minimum atomic E-state index is -3.48. The fourth-order valence-corrected chi connectivity index (χ4v) is 1.93. The summed E-state index contributed by atoms with van der Waals surface area (Å²) in [6, 6.07) is 0. The molecule has 0 spiro atoms. The molecule has 0 bridgehead atoms. The number of aromatic nitrogens is 2. The van der Waals surface area contributed by atoms with E-state index in [4.69, 9.17) is 4.84 Å². The molecule has 0 saturated carbocycles. The van der Waals surface area contributed by atoms with E-state index in [0.717, 1.165) is 5.56 Å². The molecular weight excluding hydrogens is 242 g/mol. The maximum atomic E-state index is 11.7. The molecule has 1 unspecified atom stereocenters. The molecule has 0 fully saturated rings. The number of rotatable bonds is 6. The van der Waals surface area contributed by atoms with Crippen molar-refractivity contribution in [1.82, 2.24) is 14.9 Å². The number of nitrogens with zero attached hydrogens (tertiary/aromatic N) is 2. The van der Waals surface area contributed by atoms with Gasteiger partial charge < -0.3 is 0 Å². The van der Waals surface area contributed by atoms with Crippen molar-refractivity contribution in [2.24, 2.45) is 0 Å². The van der Waals surface area contributed by atoms with Gasteiger partial charge in [-0.2, -0.15) is 0 Å². The van der Waals surface area contributed by atoms with Gasteiger partial charge in [-0.15, -0.1) is 0 Å². The lowest BCUT2D eigenvalue weighted by molar-refractivity contribution is 0.105. The van der Waals surface area contributed by atoms with Gasteiger partial charge in [-0.3, -0.25) is 4.84 Å². The third kappa shape index (κ3) is 4.37. The zero-order chi connectivity index (χ0) is 12.9. The summed E-state index contributed by atoms with van der Waals surface area (Å²) in [6.07, 6.45) is 3.58. The Morgan fingerprint density at radius 3 is 2.53 bits per heavy atom. The minimum Gasteiger partial charge on any atom is -0.287 e. The zero-order valence-electron chi connectivity index (χ0n) is 10.2. The molecule has 0 aliphatic rings. The third-order valence-corrected chi connectivity index (χ3v) is 3.73. The molecule has 0 aliphatic heterocycles. The average molecular weight is 259 g/mol. The number of sulfonamides is 1. The predicted octanol–water partition coefficient (Wildman–Crippen LogP) is 0.587. The first-order chi connectivity index (χ1) is 7.95. The number of hydrogen-bond donors (Lipinski definition) is 1. The van der Waals surface area contributed by atoms with Crippen LogP contribution in [0, 0.1) is 6.92 Å². The molecular formula is C10H17N3O3S. The van der Waals surface area contributed by atoms with Crippen LogP contribution in [0.15, 0.2) is 12.4 Å². The molecule has 0 amide bonds. The summed E-state index contributed by atoms with van der Waals surface area (Å²) in [6.45, 7) is 5.45. The van der Waals surface area contributed by atoms with E-state index in [1.807, 2.05) is 6.92 Å². The van der Waals surface area contributed by atoms with Gasteiger partial charge in [0, 0.05) is 18.8 Å². The van der Waals surface area contributed by atoms with E-state index < -0.39 is 15.3 Å². The molecule has 0 radical (unpaired) electrons. The molecule has 1 heterocycles. The van der Waals surface area contributed by atoms with Crippen LogP contribution in [0.2, 0.25) is 0 Å². The molecule has 1 aromatic rings. The van der Waals surface area contributed by atoms with E-state index in [2.05, 4.69) is 14.9 Å². The lowest BCUT2D eigenvalue weighted by Gasteiger charge is -2.12. The first kappa shape index (κ1) is 14.0. The molecule has 6 nitrogen and oxygen atoms in total. The van der Waals surface area contributed by atoms with Crippen molar-refractivity contribution >= 4 is 10.0 Å². The maximum Gasteiger partial charge on any atom is 0.236 e. The molecule has 1 atom stereocenters. The summed E-state index contributed by atoms with van der Waals surface area (Å²) in [5, 5.41) is -0.642. The molecule has 1 N–H and O–H groups in total. The molecule has 0 saturated heterocycles. The van der Waals surface area contributed by atoms with Gasteiger partial charge >= 0.3 is 0 Å². The Labute approximate surface area is 101 Å². The topological polar surface area (TPSA) is 81.2 Å². The lowest BCUT2D eigenvalue weighted by Crippen LogP contribution is -2.34. The van der Waals surface area contributed by atoms with Crippen LogP contribution in [0.25, 0.3) is 0 Å². The molecule has 0 aromatic carbocycles. The zero-order valence-corrected chi connectivity index (χ0v) is 11.0. The molecule has 0 aliphatic carbocycles. The SMILES string of the molecule is CCONS(=O)(=O)C(C)Cc1ncc(C)cn1. The van der Waals surface area contributed by atoms with Crippen LogP contribution < -0.4 is 4.89 Å². The van der Waals surface area contributed by atoms with Crippen molar-refractivity contribution in [2.75, 3.05) is 6.61 Å². The lowest BCUT2D eigenvalue weighted by atomic mass is 10.3. The van der Waals surface area contributed by atoms with Crippen molar-refractivity contribution in [3.63, 3.8) is 0 Å². The smallest absolute Gasteiger partial charge is 0.236 e. The van der Waals surface area contributed by atoms with E-state index in [-0.39, 0.29) is 13.0 Å². The largest absolute Gasteiger partial charge is 0.287 e. The summed E-state index contributed by atoms with van der Waals surface area (Å²) in [5.41, 5.74) is 0.941. The second-order valence-corrected chi connectivity index (χ2v) is 5.81. The molecule has 1 rings (SSSR count). The Kier molecular flexibility index (Phi) is 4.98. The van der Waals surface area contributed by atoms with Crippen molar-refractivity contribution in [3.8, 4) is 0 Å². The fourth-order valence-electron chi connectivity index (χ4n) is 1.11. The van der Waals surface area contributed by atoms with Gasteiger partial charge in [0.15, 0.2) is 0 Å². The first-order valence-corrected chi connectivity index (χ1v) is 6.90. The molecule has 96 valence electrons. The van der Waals surface area contributed by atoms with Crippen LogP contribution in [-0.2, 0) is 21.3 Å². The Bertz CT molecular complexity index is 444. The number of nitrogens with one attached hydrogen (secondary N) is 1. The van der Waals surface area contributed by atoms with Crippen molar-refractivity contribution < 1.29 is 13.3 Å². The summed E-state index contributed by atoms with van der Waals surface area (Å²) in [4.78, 5) is 14.9. The Balaban J connectivity index is 2.65. The standard InChI is InChI=1S/C10H17N3O3S/c1-4-16-13-17(14,15)9(3)5-10-11-6-8(2)7-12-10/h6-7,9,13H,4-5H2,1-3H3. The highest BCUT2D eigenvalue weighted by Crippen LogP contribution is 2.05. The Morgan fingerprint density at radius 1 is 1.41 bits per heavy atom. The fraction of sp³-hybridized carbons (Fsp3) is 0.600. The van der Waals surface area contributed by atoms with Crippen LogP contribution in [0.1, 0.15) is 25.2 Å². The van der Waals surface area contributed by atoms with Crippen molar-refractivity contribution in [3.05, 3.63) is 23.8 Å². The summed E-state index contributed by atoms with van der Waals surface area (Å²) in [7, 11) is -3.48. The summed E-state index contributed by atoms with van der Waals surface area (Å²) >= 11 is 0. The van der Waals surface area contributed by atoms with Gasteiger partial charge in [0.1, 0.15) is 5.82 Å². The third-order valence-electron chi connectivity index (χ3n) is 2.15. The number of aryl methyl sites for hydroxylation is 1. The van der Waals surface area contributed by atoms with E-state index in [1.54, 1.807) is 26.2 Å². The maximum absolute atomic E-state index is 11.7. The summed E-state index contributed by atoms with van der Waals surface area (Å²) in [5.74, 6) is 0.505. The minimum absolute atomic E-state index is 0.253. The highest BCUT2D eigenvalue weighted by molar-refractivity contribution is 7.89. The predicted molar refractivity (Wildman–Crippen MR) is 63.6 cm³/mol. The van der Waals surface area contributed by atoms with Crippen LogP contribution in [0.3, 0.4) is 0 Å². The first-order valence-electron chi connectivity index (χ1n) is 5.35. The van der Waals surface area contributed by atoms with Gasteiger partial charge in [0.05, 0.1) is 11.9 Å². The van der Waals surface area contributed by atoms with Crippen LogP contribution in [0.4, 0.5) is 0 Å². The highest BCUT2D eigenvalue weighted by Gasteiger charge is 2.22. The van der Waals surface area contributed by atoms with Crippen LogP contribution >= 0.6 is 0 Å². The highest BCUT2D eigenvalue weighted by atomic mass is 32.2. The van der Waals surface area contributed by atoms with Gasteiger partial charge in [0.25, 0.3) is 0 Å². The van der Waals surface area contributed by atoms with Gasteiger partial charge in [-0.1, -0.05) is 4.89 Å². The average Bonchev–Trinajstić information content (AvgIpc) is 2.29. The van der Waals surface area contributed by atoms with E-state index >= 15 is 0 Å². The normalized spacial score (nSPS) is 13.6.